The molecule has 31 heavy (non-hydrogen) atoms. The summed E-state index contributed by atoms with van der Waals surface area (Å²) in [4.78, 5) is 0. The van der Waals surface area contributed by atoms with Gasteiger partial charge in [-0.15, -0.1) is 0 Å². The summed E-state index contributed by atoms with van der Waals surface area (Å²) in [7, 11) is 0. The van der Waals surface area contributed by atoms with E-state index in [0.29, 0.717) is 13.2 Å². The van der Waals surface area contributed by atoms with Crippen LogP contribution in [0.25, 0.3) is 0 Å². The smallest absolute Gasteiger partial charge is 0.0431 e. The van der Waals surface area contributed by atoms with Crippen molar-refractivity contribution >= 4 is 0 Å². The quantitative estimate of drug-likeness (QED) is 0.108. The number of aliphatic hydroxyl groups excluding tert-OH is 2. The Labute approximate surface area is 196 Å². The van der Waals surface area contributed by atoms with E-state index in [4.69, 9.17) is 10.2 Å². The van der Waals surface area contributed by atoms with E-state index in [2.05, 4.69) is 5.32 Å². The summed E-state index contributed by atoms with van der Waals surface area (Å²) < 4.78 is 0. The number of aliphatic hydroxyl groups is 2. The highest BCUT2D eigenvalue weighted by Gasteiger charge is 1.96. The van der Waals surface area contributed by atoms with Gasteiger partial charge in [0.25, 0.3) is 0 Å². The minimum Gasteiger partial charge on any atom is -0.396 e. The first kappa shape index (κ1) is 30.9. The molecule has 3 heteroatoms. The number of hydrogen-bond donors (Lipinski definition) is 3. The number of hydrogen-bond acceptors (Lipinski definition) is 3. The first-order valence-corrected chi connectivity index (χ1v) is 14.3. The Kier molecular flexibility index (Phi) is 29.8. The fourth-order valence-electron chi connectivity index (χ4n) is 4.38. The third kappa shape index (κ3) is 29.9. The summed E-state index contributed by atoms with van der Waals surface area (Å²) in [6.07, 6.45) is 32.2. The van der Waals surface area contributed by atoms with Crippen LogP contribution in [0, 0.1) is 0 Å². The van der Waals surface area contributed by atoms with Crippen LogP contribution >= 0.6 is 0 Å². The molecule has 0 aliphatic heterocycles. The number of unbranched alkanes of at least 4 members (excludes halogenated alkanes) is 22. The predicted octanol–water partition coefficient (Wildman–Crippen LogP) is 7.92. The third-order valence-electron chi connectivity index (χ3n) is 6.52. The highest BCUT2D eigenvalue weighted by atomic mass is 16.3. The molecule has 188 valence electrons. The maximum atomic E-state index is 8.75. The molecule has 0 saturated carbocycles. The van der Waals surface area contributed by atoms with Gasteiger partial charge in [-0.2, -0.15) is 0 Å². The summed E-state index contributed by atoms with van der Waals surface area (Å²) in [6.45, 7) is 3.14. The molecule has 0 aliphatic carbocycles. The number of rotatable bonds is 28. The van der Waals surface area contributed by atoms with Gasteiger partial charge in [-0.3, -0.25) is 0 Å². The Balaban J connectivity index is 2.98. The van der Waals surface area contributed by atoms with Crippen LogP contribution in [0.15, 0.2) is 0 Å². The van der Waals surface area contributed by atoms with Gasteiger partial charge in [0.15, 0.2) is 0 Å². The second kappa shape index (κ2) is 29.9. The first-order chi connectivity index (χ1) is 15.4. The highest BCUT2D eigenvalue weighted by molar-refractivity contribution is 4.53. The predicted molar refractivity (Wildman–Crippen MR) is 138 cm³/mol. The molecule has 0 unspecified atom stereocenters. The molecular weight excluding hydrogens is 382 g/mol. The van der Waals surface area contributed by atoms with Gasteiger partial charge in [-0.05, 0) is 38.8 Å². The molecule has 0 amide bonds. The molecule has 0 bridgehead atoms. The maximum Gasteiger partial charge on any atom is 0.0431 e. The van der Waals surface area contributed by atoms with E-state index in [1.165, 1.54) is 154 Å². The molecule has 3 N–H and O–H groups in total. The zero-order valence-electron chi connectivity index (χ0n) is 21.2. The SMILES string of the molecule is OCCCCCCCCCCCCCCCCCCNCCCCCCCCCCO. The van der Waals surface area contributed by atoms with Crippen LogP contribution in [-0.2, 0) is 0 Å². The maximum absolute atomic E-state index is 8.75. The molecule has 0 aromatic heterocycles. The normalized spacial score (nSPS) is 11.4. The topological polar surface area (TPSA) is 52.5 Å². The summed E-state index contributed by atoms with van der Waals surface area (Å²) >= 11 is 0. The van der Waals surface area contributed by atoms with Crippen LogP contribution in [0.1, 0.15) is 154 Å². The van der Waals surface area contributed by atoms with E-state index < -0.39 is 0 Å². The molecular formula is C28H59NO2. The minimum atomic E-state index is 0.362. The van der Waals surface area contributed by atoms with Gasteiger partial charge in [-0.25, -0.2) is 0 Å². The lowest BCUT2D eigenvalue weighted by Crippen LogP contribution is -2.16. The molecule has 0 aromatic rings. The molecule has 3 nitrogen and oxygen atoms in total. The summed E-state index contributed by atoms with van der Waals surface area (Å²) in [5.41, 5.74) is 0. The molecule has 0 saturated heterocycles. The minimum absolute atomic E-state index is 0.362. The van der Waals surface area contributed by atoms with Crippen LogP contribution in [0.4, 0.5) is 0 Å². The molecule has 0 rings (SSSR count). The van der Waals surface area contributed by atoms with Gasteiger partial charge < -0.3 is 15.5 Å². The lowest BCUT2D eigenvalue weighted by molar-refractivity contribution is 0.282. The Bertz CT molecular complexity index is 271. The van der Waals surface area contributed by atoms with Gasteiger partial charge in [0.2, 0.25) is 0 Å². The van der Waals surface area contributed by atoms with E-state index in [0.717, 1.165) is 12.8 Å². The first-order valence-electron chi connectivity index (χ1n) is 14.3. The molecule has 0 aromatic carbocycles. The lowest BCUT2D eigenvalue weighted by atomic mass is 10.0. The zero-order chi connectivity index (χ0) is 22.5. The lowest BCUT2D eigenvalue weighted by Gasteiger charge is -2.06. The number of nitrogens with one attached hydrogen (secondary N) is 1. The Morgan fingerprint density at radius 3 is 0.677 bits per heavy atom. The van der Waals surface area contributed by atoms with Crippen LogP contribution in [0.3, 0.4) is 0 Å². The summed E-state index contributed by atoms with van der Waals surface area (Å²) in [5.74, 6) is 0. The van der Waals surface area contributed by atoms with Gasteiger partial charge in [0.05, 0.1) is 0 Å². The molecule has 0 spiro atoms. The van der Waals surface area contributed by atoms with Crippen molar-refractivity contribution in [3.63, 3.8) is 0 Å². The van der Waals surface area contributed by atoms with E-state index in [-0.39, 0.29) is 0 Å². The Hall–Kier alpha value is -0.120. The Morgan fingerprint density at radius 2 is 0.452 bits per heavy atom. The van der Waals surface area contributed by atoms with Gasteiger partial charge in [0.1, 0.15) is 0 Å². The molecule has 0 fully saturated rings. The standard InChI is InChI=1S/C28H59NO2/c30-27-23-19-15-11-8-6-4-2-1-3-5-7-9-13-17-21-25-29-26-22-18-14-10-12-16-20-24-28-31/h29-31H,1-28H2. The summed E-state index contributed by atoms with van der Waals surface area (Å²) in [5, 5.41) is 21.1. The van der Waals surface area contributed by atoms with Crippen molar-refractivity contribution in [1.29, 1.82) is 0 Å². The van der Waals surface area contributed by atoms with Gasteiger partial charge in [0, 0.05) is 13.2 Å². The van der Waals surface area contributed by atoms with Gasteiger partial charge >= 0.3 is 0 Å². The van der Waals surface area contributed by atoms with Crippen molar-refractivity contribution < 1.29 is 10.2 Å². The average Bonchev–Trinajstić information content (AvgIpc) is 2.78. The molecule has 0 radical (unpaired) electrons. The van der Waals surface area contributed by atoms with Crippen molar-refractivity contribution in [3.05, 3.63) is 0 Å². The monoisotopic (exact) mass is 441 g/mol. The van der Waals surface area contributed by atoms with Crippen molar-refractivity contribution in [1.82, 2.24) is 5.32 Å². The molecule has 0 atom stereocenters. The van der Waals surface area contributed by atoms with Crippen LogP contribution in [0.2, 0.25) is 0 Å². The van der Waals surface area contributed by atoms with E-state index in [9.17, 15) is 0 Å². The van der Waals surface area contributed by atoms with E-state index in [1.54, 1.807) is 0 Å². The fourth-order valence-corrected chi connectivity index (χ4v) is 4.38. The average molecular weight is 442 g/mol. The van der Waals surface area contributed by atoms with Crippen molar-refractivity contribution in [2.75, 3.05) is 26.3 Å². The zero-order valence-corrected chi connectivity index (χ0v) is 21.2. The largest absolute Gasteiger partial charge is 0.396 e. The second-order valence-corrected chi connectivity index (χ2v) is 9.68. The third-order valence-corrected chi connectivity index (χ3v) is 6.52. The highest BCUT2D eigenvalue weighted by Crippen LogP contribution is 2.13. The Morgan fingerprint density at radius 1 is 0.258 bits per heavy atom. The van der Waals surface area contributed by atoms with Crippen molar-refractivity contribution in [3.8, 4) is 0 Å². The van der Waals surface area contributed by atoms with Crippen LogP contribution in [-0.4, -0.2) is 36.5 Å². The van der Waals surface area contributed by atoms with Gasteiger partial charge in [-0.1, -0.05) is 128 Å². The van der Waals surface area contributed by atoms with Crippen LogP contribution in [0.5, 0.6) is 0 Å². The van der Waals surface area contributed by atoms with E-state index >= 15 is 0 Å². The summed E-state index contributed by atoms with van der Waals surface area (Å²) in [6, 6.07) is 0. The fraction of sp³-hybridized carbons (Fsp3) is 1.00. The van der Waals surface area contributed by atoms with Crippen LogP contribution < -0.4 is 5.32 Å². The molecule has 0 aliphatic rings. The second-order valence-electron chi connectivity index (χ2n) is 9.68. The molecule has 0 heterocycles. The van der Waals surface area contributed by atoms with Crippen molar-refractivity contribution in [2.24, 2.45) is 0 Å². The van der Waals surface area contributed by atoms with Crippen molar-refractivity contribution in [2.45, 2.75) is 154 Å². The van der Waals surface area contributed by atoms with E-state index in [1.807, 2.05) is 0 Å².